The van der Waals surface area contributed by atoms with Crippen LogP contribution in [0.4, 0.5) is 26.3 Å². The first kappa shape index (κ1) is 27.5. The molecule has 0 spiro atoms. The maximum atomic E-state index is 13.2. The van der Waals surface area contributed by atoms with E-state index in [-0.39, 0.29) is 47.3 Å². The van der Waals surface area contributed by atoms with Crippen LogP contribution in [0, 0.1) is 17.2 Å². The van der Waals surface area contributed by atoms with E-state index in [0.717, 1.165) is 25.7 Å². The number of rotatable bonds is 8. The number of carbonyl (C=O) groups excluding carboxylic acids is 1. The summed E-state index contributed by atoms with van der Waals surface area (Å²) in [7, 11) is 0. The lowest BCUT2D eigenvalue weighted by molar-refractivity contribution is -0.143. The molecule has 0 saturated carbocycles. The van der Waals surface area contributed by atoms with Gasteiger partial charge >= 0.3 is 18.3 Å². The van der Waals surface area contributed by atoms with E-state index in [4.69, 9.17) is 4.74 Å². The van der Waals surface area contributed by atoms with Gasteiger partial charge in [0.15, 0.2) is 0 Å². The second-order valence-corrected chi connectivity index (χ2v) is 8.34. The van der Waals surface area contributed by atoms with Crippen molar-refractivity contribution in [1.82, 2.24) is 0 Å². The van der Waals surface area contributed by atoms with Gasteiger partial charge < -0.3 is 4.74 Å². The predicted molar refractivity (Wildman–Crippen MR) is 115 cm³/mol. The SMILES string of the molecule is CCCCC(CC)COC(=O)/C(C#N)=C1/C=C(c2cc(C(F)(F)F)cc(C(F)(F)F)c2)CCC1. The van der Waals surface area contributed by atoms with Crippen LogP contribution in [0.1, 0.15) is 75.5 Å². The van der Waals surface area contributed by atoms with Crippen molar-refractivity contribution in [2.24, 2.45) is 5.92 Å². The van der Waals surface area contributed by atoms with Gasteiger partial charge in [0.05, 0.1) is 17.7 Å². The lowest BCUT2D eigenvalue weighted by Gasteiger charge is -2.20. The Kier molecular flexibility index (Phi) is 9.37. The van der Waals surface area contributed by atoms with Gasteiger partial charge in [0.2, 0.25) is 0 Å². The molecule has 0 N–H and O–H groups in total. The third-order valence-corrected chi connectivity index (χ3v) is 5.83. The molecule has 34 heavy (non-hydrogen) atoms. The molecule has 0 aromatic heterocycles. The Bertz CT molecular complexity index is 950. The number of benzene rings is 1. The van der Waals surface area contributed by atoms with E-state index in [1.165, 1.54) is 6.08 Å². The minimum absolute atomic E-state index is 0.0738. The van der Waals surface area contributed by atoms with Gasteiger partial charge in [-0.3, -0.25) is 0 Å². The standard InChI is InChI=1S/C25H27F6NO2/c1-3-5-7-16(4-2)15-34-23(33)22(14-32)18-9-6-8-17(10-18)19-11-20(24(26,27)28)13-21(12-19)25(29,30)31/h10-13,16H,3-9,15H2,1-2H3/b22-18+. The number of ether oxygens (including phenoxy) is 1. The highest BCUT2D eigenvalue weighted by atomic mass is 19.4. The number of esters is 1. The van der Waals surface area contributed by atoms with Gasteiger partial charge in [0.1, 0.15) is 11.6 Å². The normalized spacial score (nSPS) is 17.0. The molecule has 1 atom stereocenters. The fourth-order valence-electron chi connectivity index (χ4n) is 3.80. The van der Waals surface area contributed by atoms with Gasteiger partial charge in [-0.2, -0.15) is 31.6 Å². The first-order chi connectivity index (χ1) is 15.9. The molecule has 0 heterocycles. The van der Waals surface area contributed by atoms with Gasteiger partial charge in [-0.15, -0.1) is 0 Å². The third kappa shape index (κ3) is 7.37. The summed E-state index contributed by atoms with van der Waals surface area (Å²) >= 11 is 0. The van der Waals surface area contributed by atoms with Gasteiger partial charge in [0, 0.05) is 0 Å². The Hall–Kier alpha value is -2.76. The monoisotopic (exact) mass is 487 g/mol. The van der Waals surface area contributed by atoms with Crippen LogP contribution in [0.25, 0.3) is 5.57 Å². The molecule has 186 valence electrons. The van der Waals surface area contributed by atoms with E-state index >= 15 is 0 Å². The van der Waals surface area contributed by atoms with E-state index in [2.05, 4.69) is 0 Å². The smallest absolute Gasteiger partial charge is 0.416 e. The Morgan fingerprint density at radius 2 is 1.68 bits per heavy atom. The fraction of sp³-hybridized carbons (Fsp3) is 0.520. The van der Waals surface area contributed by atoms with E-state index in [1.54, 1.807) is 6.07 Å². The van der Waals surface area contributed by atoms with Crippen molar-refractivity contribution in [3.8, 4) is 6.07 Å². The fourth-order valence-corrected chi connectivity index (χ4v) is 3.80. The van der Waals surface area contributed by atoms with E-state index in [1.807, 2.05) is 13.8 Å². The van der Waals surface area contributed by atoms with Crippen LogP contribution in [0.3, 0.4) is 0 Å². The molecule has 9 heteroatoms. The zero-order valence-corrected chi connectivity index (χ0v) is 19.1. The lowest BCUT2D eigenvalue weighted by atomic mass is 9.87. The third-order valence-electron chi connectivity index (χ3n) is 5.83. The van der Waals surface area contributed by atoms with Crippen molar-refractivity contribution >= 4 is 11.5 Å². The summed E-state index contributed by atoms with van der Waals surface area (Å²) < 4.78 is 84.7. The molecule has 0 bridgehead atoms. The molecular formula is C25H27F6NO2. The molecule has 1 unspecified atom stereocenters. The van der Waals surface area contributed by atoms with E-state index < -0.39 is 29.4 Å². The Labute approximate surface area is 195 Å². The average Bonchev–Trinajstić information content (AvgIpc) is 2.78. The van der Waals surface area contributed by atoms with E-state index in [0.29, 0.717) is 25.0 Å². The van der Waals surface area contributed by atoms with Crippen LogP contribution in [-0.2, 0) is 21.9 Å². The summed E-state index contributed by atoms with van der Waals surface area (Å²) in [5.41, 5.74) is -2.88. The van der Waals surface area contributed by atoms with Crippen LogP contribution in [-0.4, -0.2) is 12.6 Å². The number of halogens is 6. The molecule has 1 aliphatic carbocycles. The molecule has 3 nitrogen and oxygen atoms in total. The van der Waals surface area contributed by atoms with Gasteiger partial charge in [-0.25, -0.2) is 4.79 Å². The zero-order valence-electron chi connectivity index (χ0n) is 19.1. The summed E-state index contributed by atoms with van der Waals surface area (Å²) in [6, 6.07) is 3.20. The molecule has 0 radical (unpaired) electrons. The summed E-state index contributed by atoms with van der Waals surface area (Å²) in [6.45, 7) is 4.16. The Morgan fingerprint density at radius 3 is 2.18 bits per heavy atom. The highest BCUT2D eigenvalue weighted by Gasteiger charge is 2.37. The molecule has 1 aromatic carbocycles. The van der Waals surface area contributed by atoms with Gasteiger partial charge in [0.25, 0.3) is 0 Å². The summed E-state index contributed by atoms with van der Waals surface area (Å²) in [5, 5.41) is 9.54. The molecule has 0 amide bonds. The molecule has 0 fully saturated rings. The zero-order chi connectivity index (χ0) is 25.5. The van der Waals surface area contributed by atoms with Crippen LogP contribution in [0.2, 0.25) is 0 Å². The topological polar surface area (TPSA) is 50.1 Å². The van der Waals surface area contributed by atoms with Crippen LogP contribution < -0.4 is 0 Å². The summed E-state index contributed by atoms with van der Waals surface area (Å²) in [5.74, 6) is -0.679. The van der Waals surface area contributed by atoms with Crippen molar-refractivity contribution in [1.29, 1.82) is 5.26 Å². The van der Waals surface area contributed by atoms with Crippen molar-refractivity contribution in [3.63, 3.8) is 0 Å². The Balaban J connectivity index is 2.40. The molecule has 0 aliphatic heterocycles. The van der Waals surface area contributed by atoms with Crippen LogP contribution in [0.15, 0.2) is 35.4 Å². The van der Waals surface area contributed by atoms with Gasteiger partial charge in [-0.1, -0.05) is 39.2 Å². The summed E-state index contributed by atoms with van der Waals surface area (Å²) in [6.07, 6.45) is -4.06. The number of hydrogen-bond donors (Lipinski definition) is 0. The largest absolute Gasteiger partial charge is 0.461 e. The number of alkyl halides is 6. The number of nitriles is 1. The molecule has 2 rings (SSSR count). The average molecular weight is 487 g/mol. The second-order valence-electron chi connectivity index (χ2n) is 8.34. The summed E-state index contributed by atoms with van der Waals surface area (Å²) in [4.78, 5) is 12.6. The van der Waals surface area contributed by atoms with Gasteiger partial charge in [-0.05, 0) is 66.5 Å². The quantitative estimate of drug-likeness (QED) is 0.162. The van der Waals surface area contributed by atoms with Crippen LogP contribution in [0.5, 0.6) is 0 Å². The van der Waals surface area contributed by atoms with Crippen LogP contribution >= 0.6 is 0 Å². The molecule has 1 aliphatic rings. The van der Waals surface area contributed by atoms with Crippen molar-refractivity contribution in [2.75, 3.05) is 6.61 Å². The number of nitrogens with zero attached hydrogens (tertiary/aromatic N) is 1. The lowest BCUT2D eigenvalue weighted by Crippen LogP contribution is -2.16. The highest BCUT2D eigenvalue weighted by molar-refractivity contribution is 5.95. The molecular weight excluding hydrogens is 460 g/mol. The van der Waals surface area contributed by atoms with E-state index in [9.17, 15) is 36.4 Å². The predicted octanol–water partition coefficient (Wildman–Crippen LogP) is 7.87. The first-order valence-corrected chi connectivity index (χ1v) is 11.2. The number of hydrogen-bond acceptors (Lipinski definition) is 3. The first-order valence-electron chi connectivity index (χ1n) is 11.2. The maximum absolute atomic E-state index is 13.2. The minimum atomic E-state index is -4.96. The molecule has 1 aromatic rings. The minimum Gasteiger partial charge on any atom is -0.461 e. The number of allylic oxidation sites excluding steroid dienone is 3. The second kappa shape index (κ2) is 11.6. The Morgan fingerprint density at radius 1 is 1.06 bits per heavy atom. The van der Waals surface area contributed by atoms with Crippen molar-refractivity contribution in [3.05, 3.63) is 52.1 Å². The number of unbranched alkanes of at least 4 members (excludes halogenated alkanes) is 1. The highest BCUT2D eigenvalue weighted by Crippen LogP contribution is 2.40. The van der Waals surface area contributed by atoms with Crippen molar-refractivity contribution in [2.45, 2.75) is 71.1 Å². The van der Waals surface area contributed by atoms with Crippen molar-refractivity contribution < 1.29 is 35.9 Å². The maximum Gasteiger partial charge on any atom is 0.416 e. The number of carbonyl (C=O) groups is 1. The molecule has 0 saturated heterocycles.